The molecule has 0 saturated carbocycles. The number of aliphatic hydroxyl groups is 2. The number of rotatable bonds is 4. The lowest BCUT2D eigenvalue weighted by molar-refractivity contribution is 0.0884. The van der Waals surface area contributed by atoms with Crippen LogP contribution in [0, 0.1) is 6.92 Å². The smallest absolute Gasteiger partial charge is 0.263 e. The normalized spacial score (nSPS) is 11.2. The topological polar surface area (TPSA) is 95.6 Å². The van der Waals surface area contributed by atoms with Crippen molar-refractivity contribution >= 4 is 33.0 Å². The summed E-state index contributed by atoms with van der Waals surface area (Å²) in [7, 11) is 0. The van der Waals surface area contributed by atoms with E-state index in [-0.39, 0.29) is 19.1 Å². The Bertz CT molecular complexity index is 605. The van der Waals surface area contributed by atoms with Crippen molar-refractivity contribution in [2.24, 2.45) is 0 Å². The van der Waals surface area contributed by atoms with Crippen LogP contribution >= 0.6 is 11.3 Å². The first kappa shape index (κ1) is 13.8. The van der Waals surface area contributed by atoms with Crippen molar-refractivity contribution in [2.75, 3.05) is 18.9 Å². The number of nitrogens with one attached hydrogen (secondary N) is 1. The van der Waals surface area contributed by atoms with Crippen LogP contribution in [0.15, 0.2) is 18.2 Å². The highest BCUT2D eigenvalue weighted by Crippen LogP contribution is 2.34. The van der Waals surface area contributed by atoms with E-state index in [0.29, 0.717) is 10.6 Å². The number of fused-ring (bicyclic) bond motifs is 1. The van der Waals surface area contributed by atoms with Crippen LogP contribution in [0.25, 0.3) is 10.1 Å². The van der Waals surface area contributed by atoms with Crippen molar-refractivity contribution < 1.29 is 15.0 Å². The van der Waals surface area contributed by atoms with Crippen LogP contribution in [0.5, 0.6) is 0 Å². The standard InChI is InChI=1S/C13H16N2O3S/c1-7-2-3-10-9(4-7)11(14)12(19-10)13(18)15-8(5-16)6-17/h2-4,8,16-17H,5-6,14H2,1H3,(H,15,18). The molecule has 102 valence electrons. The van der Waals surface area contributed by atoms with E-state index in [4.69, 9.17) is 15.9 Å². The molecule has 0 bridgehead atoms. The lowest BCUT2D eigenvalue weighted by Crippen LogP contribution is -2.39. The van der Waals surface area contributed by atoms with Crippen LogP contribution in [0.4, 0.5) is 5.69 Å². The molecule has 6 heteroatoms. The molecule has 5 nitrogen and oxygen atoms in total. The molecule has 0 fully saturated rings. The highest BCUT2D eigenvalue weighted by atomic mass is 32.1. The van der Waals surface area contributed by atoms with E-state index in [0.717, 1.165) is 15.6 Å². The number of carbonyl (C=O) groups is 1. The van der Waals surface area contributed by atoms with Gasteiger partial charge < -0.3 is 21.3 Å². The molecule has 0 aliphatic heterocycles. The highest BCUT2D eigenvalue weighted by Gasteiger charge is 2.18. The molecule has 0 unspecified atom stereocenters. The first-order valence-electron chi connectivity index (χ1n) is 5.88. The second-order valence-corrected chi connectivity index (χ2v) is 5.43. The molecule has 0 atom stereocenters. The number of aryl methyl sites for hydroxylation is 1. The minimum Gasteiger partial charge on any atom is -0.397 e. The molecule has 1 amide bonds. The average Bonchev–Trinajstić information content (AvgIpc) is 2.73. The third kappa shape index (κ3) is 2.70. The van der Waals surface area contributed by atoms with Crippen molar-refractivity contribution in [1.29, 1.82) is 0 Å². The Morgan fingerprint density at radius 2 is 2.11 bits per heavy atom. The maximum atomic E-state index is 12.0. The summed E-state index contributed by atoms with van der Waals surface area (Å²) >= 11 is 1.30. The fraction of sp³-hybridized carbons (Fsp3) is 0.308. The molecule has 0 spiro atoms. The second-order valence-electron chi connectivity index (χ2n) is 4.38. The molecular formula is C13H16N2O3S. The summed E-state index contributed by atoms with van der Waals surface area (Å²) in [6.07, 6.45) is 0. The highest BCUT2D eigenvalue weighted by molar-refractivity contribution is 7.21. The zero-order valence-corrected chi connectivity index (χ0v) is 11.3. The number of hydrogen-bond acceptors (Lipinski definition) is 5. The average molecular weight is 280 g/mol. The Labute approximate surface area is 114 Å². The van der Waals surface area contributed by atoms with Crippen LogP contribution in [0.3, 0.4) is 0 Å². The van der Waals surface area contributed by atoms with E-state index < -0.39 is 6.04 Å². The van der Waals surface area contributed by atoms with Gasteiger partial charge in [0, 0.05) is 10.1 Å². The lowest BCUT2D eigenvalue weighted by Gasteiger charge is -2.12. The van der Waals surface area contributed by atoms with Gasteiger partial charge >= 0.3 is 0 Å². The third-order valence-electron chi connectivity index (χ3n) is 2.86. The SMILES string of the molecule is Cc1ccc2sc(C(=O)NC(CO)CO)c(N)c2c1. The number of nitrogens with two attached hydrogens (primary N) is 1. The minimum atomic E-state index is -0.668. The number of hydrogen-bond donors (Lipinski definition) is 4. The number of benzene rings is 1. The van der Waals surface area contributed by atoms with Crippen molar-refractivity contribution in [3.8, 4) is 0 Å². The number of anilines is 1. The number of carbonyl (C=O) groups excluding carboxylic acids is 1. The van der Waals surface area contributed by atoms with Gasteiger partial charge in [-0.3, -0.25) is 4.79 Å². The van der Waals surface area contributed by atoms with Crippen molar-refractivity contribution in [3.05, 3.63) is 28.6 Å². The van der Waals surface area contributed by atoms with Gasteiger partial charge in [-0.05, 0) is 19.1 Å². The zero-order chi connectivity index (χ0) is 14.0. The summed E-state index contributed by atoms with van der Waals surface area (Å²) in [5, 5.41) is 21.3. The molecule has 1 aromatic heterocycles. The second kappa shape index (κ2) is 5.56. The first-order valence-corrected chi connectivity index (χ1v) is 6.69. The Kier molecular flexibility index (Phi) is 4.04. The fourth-order valence-electron chi connectivity index (χ4n) is 1.80. The Morgan fingerprint density at radius 3 is 2.74 bits per heavy atom. The summed E-state index contributed by atoms with van der Waals surface area (Å²) in [5.41, 5.74) is 7.51. The monoisotopic (exact) mass is 280 g/mol. The van der Waals surface area contributed by atoms with Gasteiger partial charge in [0.05, 0.1) is 24.9 Å². The summed E-state index contributed by atoms with van der Waals surface area (Å²) in [6.45, 7) is 1.34. The van der Waals surface area contributed by atoms with Gasteiger partial charge in [0.2, 0.25) is 0 Å². The maximum Gasteiger partial charge on any atom is 0.263 e. The number of aliphatic hydroxyl groups excluding tert-OH is 2. The van der Waals surface area contributed by atoms with Gasteiger partial charge in [0.1, 0.15) is 4.88 Å². The molecule has 1 aromatic carbocycles. The van der Waals surface area contributed by atoms with Crippen LogP contribution < -0.4 is 11.1 Å². The number of thiophene rings is 1. The molecule has 0 saturated heterocycles. The van der Waals surface area contributed by atoms with Crippen LogP contribution in [0.1, 0.15) is 15.2 Å². The lowest BCUT2D eigenvalue weighted by atomic mass is 10.1. The van der Waals surface area contributed by atoms with Crippen molar-refractivity contribution in [3.63, 3.8) is 0 Å². The molecular weight excluding hydrogens is 264 g/mol. The summed E-state index contributed by atoms with van der Waals surface area (Å²) in [4.78, 5) is 12.5. The molecule has 0 aliphatic carbocycles. The van der Waals surface area contributed by atoms with Crippen molar-refractivity contribution in [2.45, 2.75) is 13.0 Å². The molecule has 0 aliphatic rings. The summed E-state index contributed by atoms with van der Waals surface area (Å²) in [6, 6.07) is 5.16. The quantitative estimate of drug-likeness (QED) is 0.668. The van der Waals surface area contributed by atoms with Gasteiger partial charge in [-0.1, -0.05) is 11.6 Å². The van der Waals surface area contributed by atoms with Gasteiger partial charge in [-0.15, -0.1) is 11.3 Å². The zero-order valence-electron chi connectivity index (χ0n) is 10.5. The van der Waals surface area contributed by atoms with Crippen molar-refractivity contribution in [1.82, 2.24) is 5.32 Å². The van der Waals surface area contributed by atoms with E-state index >= 15 is 0 Å². The van der Waals surface area contributed by atoms with Gasteiger partial charge in [-0.25, -0.2) is 0 Å². The van der Waals surface area contributed by atoms with E-state index in [1.54, 1.807) is 0 Å². The Morgan fingerprint density at radius 1 is 1.42 bits per heavy atom. The molecule has 1 heterocycles. The van der Waals surface area contributed by atoms with E-state index in [1.165, 1.54) is 11.3 Å². The third-order valence-corrected chi connectivity index (χ3v) is 4.05. The number of nitrogen functional groups attached to an aromatic ring is 1. The Hall–Kier alpha value is -1.63. The van der Waals surface area contributed by atoms with Crippen LogP contribution in [0.2, 0.25) is 0 Å². The van der Waals surface area contributed by atoms with E-state index in [9.17, 15) is 4.79 Å². The first-order chi connectivity index (χ1) is 9.06. The van der Waals surface area contributed by atoms with Gasteiger partial charge in [0.15, 0.2) is 0 Å². The molecule has 2 rings (SSSR count). The molecule has 0 radical (unpaired) electrons. The molecule has 19 heavy (non-hydrogen) atoms. The molecule has 2 aromatic rings. The Balaban J connectivity index is 2.35. The van der Waals surface area contributed by atoms with Crippen LogP contribution in [-0.2, 0) is 0 Å². The predicted octanol–water partition coefficient (Wildman–Crippen LogP) is 0.875. The summed E-state index contributed by atoms with van der Waals surface area (Å²) in [5.74, 6) is -0.371. The van der Waals surface area contributed by atoms with Gasteiger partial charge in [0.25, 0.3) is 5.91 Å². The number of amides is 1. The van der Waals surface area contributed by atoms with E-state index in [1.807, 2.05) is 25.1 Å². The minimum absolute atomic E-state index is 0.313. The fourth-order valence-corrected chi connectivity index (χ4v) is 2.81. The maximum absolute atomic E-state index is 12.0. The van der Waals surface area contributed by atoms with Gasteiger partial charge in [-0.2, -0.15) is 0 Å². The largest absolute Gasteiger partial charge is 0.397 e. The predicted molar refractivity (Wildman–Crippen MR) is 76.4 cm³/mol. The summed E-state index contributed by atoms with van der Waals surface area (Å²) < 4.78 is 0.942. The van der Waals surface area contributed by atoms with Crippen LogP contribution in [-0.4, -0.2) is 35.4 Å². The van der Waals surface area contributed by atoms with E-state index in [2.05, 4.69) is 5.32 Å². The molecule has 5 N–H and O–H groups in total.